The van der Waals surface area contributed by atoms with Crippen molar-refractivity contribution in [2.24, 2.45) is 0 Å². The van der Waals surface area contributed by atoms with Crippen molar-refractivity contribution in [1.29, 1.82) is 0 Å². The fourth-order valence-electron chi connectivity index (χ4n) is 9.04. The van der Waals surface area contributed by atoms with Crippen LogP contribution in [-0.4, -0.2) is 124 Å². The molecule has 67 heavy (non-hydrogen) atoms. The van der Waals surface area contributed by atoms with Gasteiger partial charge in [0.15, 0.2) is 0 Å². The van der Waals surface area contributed by atoms with Gasteiger partial charge in [-0.1, -0.05) is 24.3 Å². The van der Waals surface area contributed by atoms with Crippen LogP contribution in [0.3, 0.4) is 0 Å². The molecule has 0 saturated carbocycles. The minimum Gasteiger partial charge on any atom is -0.453 e. The second-order valence-corrected chi connectivity index (χ2v) is 16.8. The number of amides is 6. The molecule has 0 radical (unpaired) electrons. The van der Waals surface area contributed by atoms with Crippen LogP contribution >= 0.6 is 0 Å². The van der Waals surface area contributed by atoms with Crippen molar-refractivity contribution in [3.8, 4) is 0 Å². The second kappa shape index (κ2) is 21.9. The number of hydrogen-bond acceptors (Lipinski definition) is 11. The molecular weight excluding hydrogens is 880 g/mol. The number of alkyl carbamates (subject to hydrolysis) is 2. The van der Waals surface area contributed by atoms with E-state index in [1.807, 2.05) is 24.3 Å². The van der Waals surface area contributed by atoms with Crippen LogP contribution in [-0.2, 0) is 44.3 Å². The Morgan fingerprint density at radius 2 is 0.970 bits per heavy atom. The molecular formula is C47H58F3N7O10. The first-order chi connectivity index (χ1) is 32.0. The molecule has 3 fully saturated rings. The number of nitrogens with zero attached hydrogens (tertiary/aromatic N) is 3. The monoisotopic (exact) mass is 937 g/mol. The maximum atomic E-state index is 13.7. The summed E-state index contributed by atoms with van der Waals surface area (Å²) < 4.78 is 61.1. The Kier molecular flexibility index (Phi) is 16.4. The molecule has 8 atom stereocenters. The number of anilines is 3. The average molecular weight is 938 g/mol. The van der Waals surface area contributed by atoms with E-state index in [-0.39, 0.29) is 12.1 Å². The van der Waals surface area contributed by atoms with E-state index in [1.165, 1.54) is 50.4 Å². The Balaban J connectivity index is 1.17. The fraction of sp³-hybridized carbons (Fsp3) is 0.489. The summed E-state index contributed by atoms with van der Waals surface area (Å²) in [6, 6.07) is 15.1. The highest BCUT2D eigenvalue weighted by molar-refractivity contribution is 6.00. The molecule has 3 saturated heterocycles. The normalized spacial score (nSPS) is 21.2. The van der Waals surface area contributed by atoms with Crippen LogP contribution in [0.15, 0.2) is 72.8 Å². The minimum absolute atomic E-state index is 0.278. The quantitative estimate of drug-likeness (QED) is 0.136. The van der Waals surface area contributed by atoms with E-state index in [0.29, 0.717) is 68.7 Å². The Labute approximate surface area is 387 Å². The molecule has 0 aliphatic carbocycles. The van der Waals surface area contributed by atoms with Crippen molar-refractivity contribution < 1.29 is 60.9 Å². The van der Waals surface area contributed by atoms with Crippen LogP contribution in [0.25, 0.3) is 0 Å². The van der Waals surface area contributed by atoms with E-state index in [0.717, 1.165) is 23.3 Å². The Bertz CT molecular complexity index is 2100. The number of likely N-dealkylation sites (tertiary alicyclic amines) is 2. The number of ether oxygens (including phenoxy) is 4. The van der Waals surface area contributed by atoms with E-state index in [4.69, 9.17) is 18.9 Å². The summed E-state index contributed by atoms with van der Waals surface area (Å²) >= 11 is 0. The van der Waals surface area contributed by atoms with Crippen molar-refractivity contribution >= 4 is 52.9 Å². The maximum Gasteiger partial charge on any atom is 0.416 e. The van der Waals surface area contributed by atoms with Crippen LogP contribution in [0.1, 0.15) is 81.1 Å². The molecule has 20 heteroatoms. The van der Waals surface area contributed by atoms with E-state index in [2.05, 4.69) is 26.2 Å². The molecule has 3 aliphatic heterocycles. The van der Waals surface area contributed by atoms with Crippen molar-refractivity contribution in [3.63, 3.8) is 0 Å². The minimum atomic E-state index is -4.53. The summed E-state index contributed by atoms with van der Waals surface area (Å²) in [4.78, 5) is 83.5. The summed E-state index contributed by atoms with van der Waals surface area (Å²) in [5, 5.41) is 10.8. The molecule has 6 rings (SSSR count). The van der Waals surface area contributed by atoms with Gasteiger partial charge < -0.3 is 54.9 Å². The van der Waals surface area contributed by atoms with Crippen LogP contribution in [0.5, 0.6) is 0 Å². The van der Waals surface area contributed by atoms with Gasteiger partial charge in [-0.3, -0.25) is 19.2 Å². The topological polar surface area (TPSA) is 197 Å². The van der Waals surface area contributed by atoms with Gasteiger partial charge >= 0.3 is 18.4 Å². The third kappa shape index (κ3) is 11.6. The lowest BCUT2D eigenvalue weighted by molar-refractivity contribution is -0.141. The summed E-state index contributed by atoms with van der Waals surface area (Å²) in [7, 11) is 5.18. The molecule has 17 nitrogen and oxygen atoms in total. The number of alkyl halides is 3. The zero-order chi connectivity index (χ0) is 48.6. The number of methoxy groups -OCH3 is 4. The molecule has 0 bridgehead atoms. The molecule has 3 aromatic carbocycles. The highest BCUT2D eigenvalue weighted by Crippen LogP contribution is 2.47. The summed E-state index contributed by atoms with van der Waals surface area (Å²) in [5.41, 5.74) is 2.45. The van der Waals surface area contributed by atoms with Gasteiger partial charge in [0, 0.05) is 44.4 Å². The molecule has 362 valence electrons. The fourth-order valence-corrected chi connectivity index (χ4v) is 9.04. The predicted octanol–water partition coefficient (Wildman–Crippen LogP) is 6.17. The highest BCUT2D eigenvalue weighted by Gasteiger charge is 2.42. The third-order valence-corrected chi connectivity index (χ3v) is 12.8. The number of carbonyl (C=O) groups excluding carboxylic acids is 6. The van der Waals surface area contributed by atoms with Gasteiger partial charge in [0.25, 0.3) is 0 Å². The largest absolute Gasteiger partial charge is 0.453 e. The molecule has 0 spiro atoms. The van der Waals surface area contributed by atoms with Crippen LogP contribution < -0.4 is 26.2 Å². The first-order valence-corrected chi connectivity index (χ1v) is 22.1. The lowest BCUT2D eigenvalue weighted by Gasteiger charge is -2.34. The first-order valence-electron chi connectivity index (χ1n) is 22.1. The summed E-state index contributed by atoms with van der Waals surface area (Å²) in [5.74, 6) is -1.76. The smallest absolute Gasteiger partial charge is 0.416 e. The second-order valence-electron chi connectivity index (χ2n) is 16.8. The third-order valence-electron chi connectivity index (χ3n) is 12.8. The van der Waals surface area contributed by atoms with Crippen molar-refractivity contribution in [1.82, 2.24) is 20.4 Å². The van der Waals surface area contributed by atoms with Crippen LogP contribution in [0.4, 0.5) is 39.8 Å². The molecule has 3 heterocycles. The van der Waals surface area contributed by atoms with Gasteiger partial charge in [-0.25, -0.2) is 9.59 Å². The number of nitrogens with one attached hydrogen (secondary N) is 4. The standard InChI is InChI=1S/C47H58F3N7O10/c1-27(64-3)39(53-45(62)66-5)43(60)55-25-7-9-37(55)41(58)51-32-17-11-29(12-18-32)35-23-24-36(57(35)34-21-15-31(16-22-34)47(48,49)50)30-13-19-33(20-14-30)52-42(59)38-10-8-26-56(38)44(61)40(28(2)65-4)54-46(63)67-6/h11-22,27-28,35-40H,7-10,23-26H2,1-6H3,(H,51,58)(H,52,59)(H,53,62)(H,54,63)/t27-,28-,35+,36+,37-,38?,39-,40-/m0/s1. The van der Waals surface area contributed by atoms with Crippen molar-refractivity contribution in [2.75, 3.05) is 57.1 Å². The molecule has 0 aromatic heterocycles. The van der Waals surface area contributed by atoms with Gasteiger partial charge in [0.1, 0.15) is 24.2 Å². The Morgan fingerprint density at radius 3 is 1.31 bits per heavy atom. The Morgan fingerprint density at radius 1 is 0.582 bits per heavy atom. The van der Waals surface area contributed by atoms with Gasteiger partial charge in [-0.05, 0) is 112 Å². The van der Waals surface area contributed by atoms with E-state index in [9.17, 15) is 41.9 Å². The first kappa shape index (κ1) is 50.0. The van der Waals surface area contributed by atoms with Gasteiger partial charge in [0.05, 0.1) is 44.1 Å². The molecule has 3 aliphatic rings. The number of benzene rings is 3. The summed E-state index contributed by atoms with van der Waals surface area (Å²) in [6.07, 6.45) is -4.31. The predicted molar refractivity (Wildman–Crippen MR) is 240 cm³/mol. The molecule has 4 N–H and O–H groups in total. The van der Waals surface area contributed by atoms with Gasteiger partial charge in [0.2, 0.25) is 23.6 Å². The van der Waals surface area contributed by atoms with Crippen molar-refractivity contribution in [3.05, 3.63) is 89.5 Å². The van der Waals surface area contributed by atoms with E-state index < -0.39 is 83.9 Å². The average Bonchev–Trinajstić information content (AvgIpc) is 4.13. The molecule has 3 aromatic rings. The number of hydrogen-bond donors (Lipinski definition) is 4. The van der Waals surface area contributed by atoms with Gasteiger partial charge in [-0.15, -0.1) is 0 Å². The lowest BCUT2D eigenvalue weighted by atomic mass is 10.0. The zero-order valence-corrected chi connectivity index (χ0v) is 38.3. The lowest BCUT2D eigenvalue weighted by Crippen LogP contribution is -2.56. The van der Waals surface area contributed by atoms with Gasteiger partial charge in [-0.2, -0.15) is 13.2 Å². The maximum absolute atomic E-state index is 13.7. The highest BCUT2D eigenvalue weighted by atomic mass is 19.4. The molecule has 6 amide bonds. The zero-order valence-electron chi connectivity index (χ0n) is 38.3. The van der Waals surface area contributed by atoms with Crippen molar-refractivity contribution in [2.45, 2.75) is 107 Å². The number of halogens is 3. The van der Waals surface area contributed by atoms with E-state index in [1.54, 1.807) is 38.1 Å². The summed E-state index contributed by atoms with van der Waals surface area (Å²) in [6.45, 7) is 3.87. The number of rotatable bonds is 15. The molecule has 1 unspecified atom stereocenters. The van der Waals surface area contributed by atoms with Crippen LogP contribution in [0.2, 0.25) is 0 Å². The number of carbonyl (C=O) groups is 6. The SMILES string of the molecule is COC(=O)N[C@H](C(=O)N1CCCC1C(=O)Nc1ccc([C@H]2CC[C@H](c3ccc(NC(=O)[C@@H]4CCCN4C(=O)[C@@H](NC(=O)OC)[C@H](C)OC)cc3)N2c2ccc(C(F)(F)F)cc2)cc1)[C@H](C)OC. The van der Waals surface area contributed by atoms with Crippen LogP contribution in [0, 0.1) is 0 Å². The van der Waals surface area contributed by atoms with E-state index >= 15 is 0 Å². The Hall–Kier alpha value is -6.41.